The van der Waals surface area contributed by atoms with E-state index in [1.807, 2.05) is 13.8 Å². The molecule has 0 spiro atoms. The van der Waals surface area contributed by atoms with Gasteiger partial charge in [-0.15, -0.1) is 0 Å². The van der Waals surface area contributed by atoms with Crippen molar-refractivity contribution in [3.8, 4) is 0 Å². The highest BCUT2D eigenvalue weighted by Crippen LogP contribution is 2.35. The Hall–Kier alpha value is -1.93. The van der Waals surface area contributed by atoms with Gasteiger partial charge >= 0.3 is 0 Å². The molecule has 1 N–H and O–H groups in total. The number of rotatable bonds is 4. The van der Waals surface area contributed by atoms with Gasteiger partial charge in [0.05, 0.1) is 4.90 Å². The number of amides is 2. The summed E-state index contributed by atoms with van der Waals surface area (Å²) in [5.41, 5.74) is 1.33. The average Bonchev–Trinajstić information content (AvgIpc) is 2.79. The summed E-state index contributed by atoms with van der Waals surface area (Å²) < 4.78 is 27.7. The van der Waals surface area contributed by atoms with Crippen molar-refractivity contribution in [1.29, 1.82) is 0 Å². The van der Waals surface area contributed by atoms with Crippen molar-refractivity contribution in [3.05, 3.63) is 23.8 Å². The maximum absolute atomic E-state index is 13.1. The fraction of sp³-hybridized carbons (Fsp3) is 0.600. The molecule has 1 atom stereocenters. The highest BCUT2D eigenvalue weighted by atomic mass is 32.2. The second kappa shape index (κ2) is 8.21. The quantitative estimate of drug-likeness (QED) is 0.828. The molecule has 0 radical (unpaired) electrons. The molecule has 1 aromatic carbocycles. The number of hydrogen-bond acceptors (Lipinski definition) is 4. The van der Waals surface area contributed by atoms with E-state index >= 15 is 0 Å². The van der Waals surface area contributed by atoms with Crippen LogP contribution in [0.2, 0.25) is 0 Å². The van der Waals surface area contributed by atoms with Crippen LogP contribution in [0.3, 0.4) is 0 Å². The minimum absolute atomic E-state index is 0.0380. The van der Waals surface area contributed by atoms with Gasteiger partial charge in [-0.3, -0.25) is 14.5 Å². The molecule has 28 heavy (non-hydrogen) atoms. The van der Waals surface area contributed by atoms with Crippen LogP contribution < -0.4 is 10.2 Å². The van der Waals surface area contributed by atoms with E-state index in [4.69, 9.17) is 0 Å². The van der Waals surface area contributed by atoms with E-state index in [9.17, 15) is 18.0 Å². The molecule has 0 unspecified atom stereocenters. The minimum Gasteiger partial charge on any atom is -0.352 e. The molecule has 1 saturated heterocycles. The Morgan fingerprint density at radius 3 is 2.32 bits per heavy atom. The fourth-order valence-electron chi connectivity index (χ4n) is 4.00. The smallest absolute Gasteiger partial charge is 0.243 e. The normalized spacial score (nSPS) is 20.7. The first-order chi connectivity index (χ1) is 13.2. The maximum Gasteiger partial charge on any atom is 0.243 e. The number of nitrogens with zero attached hydrogens (tertiary/aromatic N) is 2. The van der Waals surface area contributed by atoms with Gasteiger partial charge in [0, 0.05) is 38.2 Å². The molecule has 2 heterocycles. The Morgan fingerprint density at radius 1 is 1.11 bits per heavy atom. The zero-order chi connectivity index (χ0) is 20.5. The molecule has 2 amide bonds. The highest BCUT2D eigenvalue weighted by molar-refractivity contribution is 7.89. The summed E-state index contributed by atoms with van der Waals surface area (Å²) in [4.78, 5) is 26.5. The van der Waals surface area contributed by atoms with Crippen LogP contribution in [0, 0.1) is 0 Å². The number of sulfonamides is 1. The first kappa shape index (κ1) is 20.8. The van der Waals surface area contributed by atoms with Crippen LogP contribution in [-0.4, -0.2) is 49.7 Å². The van der Waals surface area contributed by atoms with Crippen LogP contribution in [0.25, 0.3) is 0 Å². The lowest BCUT2D eigenvalue weighted by Gasteiger charge is -2.24. The number of anilines is 1. The van der Waals surface area contributed by atoms with Gasteiger partial charge < -0.3 is 5.32 Å². The summed E-state index contributed by atoms with van der Waals surface area (Å²) in [5, 5.41) is 2.85. The van der Waals surface area contributed by atoms with E-state index in [1.54, 1.807) is 22.5 Å². The van der Waals surface area contributed by atoms with Gasteiger partial charge in [-0.1, -0.05) is 12.8 Å². The summed E-state index contributed by atoms with van der Waals surface area (Å²) >= 11 is 0. The van der Waals surface area contributed by atoms with E-state index in [0.29, 0.717) is 25.2 Å². The van der Waals surface area contributed by atoms with Gasteiger partial charge in [0.15, 0.2) is 0 Å². The van der Waals surface area contributed by atoms with Gasteiger partial charge in [-0.25, -0.2) is 8.42 Å². The average molecular weight is 408 g/mol. The van der Waals surface area contributed by atoms with Gasteiger partial charge in [-0.2, -0.15) is 4.31 Å². The van der Waals surface area contributed by atoms with Crippen LogP contribution in [0.1, 0.15) is 52.0 Å². The lowest BCUT2D eigenvalue weighted by Crippen LogP contribution is -2.49. The van der Waals surface area contributed by atoms with Crippen LogP contribution in [-0.2, 0) is 26.0 Å². The fourth-order valence-corrected chi connectivity index (χ4v) is 5.57. The second-order valence-corrected chi connectivity index (χ2v) is 9.82. The molecule has 2 aliphatic rings. The van der Waals surface area contributed by atoms with E-state index in [-0.39, 0.29) is 22.8 Å². The predicted molar refractivity (Wildman–Crippen MR) is 108 cm³/mol. The zero-order valence-corrected chi connectivity index (χ0v) is 17.6. The molecule has 1 aromatic rings. The molecule has 3 rings (SSSR count). The monoisotopic (exact) mass is 407 g/mol. The molecule has 0 saturated carbocycles. The Kier molecular flexibility index (Phi) is 6.09. The molecule has 154 valence electrons. The minimum atomic E-state index is -3.57. The van der Waals surface area contributed by atoms with Gasteiger partial charge in [0.1, 0.15) is 6.04 Å². The number of hydrogen-bond donors (Lipinski definition) is 1. The SMILES string of the molecule is CC(=O)N1c2ccc(S(=O)(=O)N3CCCCCC3)cc2C[C@@H]1C(=O)NC(C)C. The summed E-state index contributed by atoms with van der Waals surface area (Å²) in [7, 11) is -3.57. The van der Waals surface area contributed by atoms with Crippen molar-refractivity contribution in [3.63, 3.8) is 0 Å². The highest BCUT2D eigenvalue weighted by Gasteiger charge is 2.38. The van der Waals surface area contributed by atoms with Crippen molar-refractivity contribution in [2.45, 2.75) is 69.9 Å². The summed E-state index contributed by atoms with van der Waals surface area (Å²) in [6.45, 7) is 6.23. The Morgan fingerprint density at radius 2 is 1.75 bits per heavy atom. The number of carbonyl (C=O) groups is 2. The first-order valence-electron chi connectivity index (χ1n) is 9.95. The van der Waals surface area contributed by atoms with E-state index in [1.165, 1.54) is 11.8 Å². The van der Waals surface area contributed by atoms with E-state index in [0.717, 1.165) is 31.2 Å². The van der Waals surface area contributed by atoms with Crippen LogP contribution in [0.5, 0.6) is 0 Å². The third-order valence-electron chi connectivity index (χ3n) is 5.31. The molecule has 0 bridgehead atoms. The molecule has 7 nitrogen and oxygen atoms in total. The Bertz CT molecular complexity index is 858. The van der Waals surface area contributed by atoms with Crippen molar-refractivity contribution in [1.82, 2.24) is 9.62 Å². The van der Waals surface area contributed by atoms with Crippen LogP contribution >= 0.6 is 0 Å². The van der Waals surface area contributed by atoms with Gasteiger partial charge in [-0.05, 0) is 50.5 Å². The molecule has 0 aliphatic carbocycles. The summed E-state index contributed by atoms with van der Waals surface area (Å²) in [6, 6.07) is 4.16. The van der Waals surface area contributed by atoms with Crippen LogP contribution in [0.15, 0.2) is 23.1 Å². The maximum atomic E-state index is 13.1. The molecule has 2 aliphatic heterocycles. The third kappa shape index (κ3) is 4.07. The van der Waals surface area contributed by atoms with Crippen molar-refractivity contribution >= 4 is 27.5 Å². The lowest BCUT2D eigenvalue weighted by atomic mass is 10.1. The molecule has 0 aromatic heterocycles. The predicted octanol–water partition coefficient (Wildman–Crippen LogP) is 2.05. The third-order valence-corrected chi connectivity index (χ3v) is 7.21. The van der Waals surface area contributed by atoms with Crippen molar-refractivity contribution < 1.29 is 18.0 Å². The van der Waals surface area contributed by atoms with Crippen LogP contribution in [0.4, 0.5) is 5.69 Å². The molecule has 1 fully saturated rings. The number of fused-ring (bicyclic) bond motifs is 1. The molecular weight excluding hydrogens is 378 g/mol. The topological polar surface area (TPSA) is 86.8 Å². The van der Waals surface area contributed by atoms with Gasteiger partial charge in [0.2, 0.25) is 21.8 Å². The number of nitrogens with one attached hydrogen (secondary N) is 1. The second-order valence-electron chi connectivity index (χ2n) is 7.88. The summed E-state index contributed by atoms with van der Waals surface area (Å²) in [6.07, 6.45) is 4.17. The van der Waals surface area contributed by atoms with Gasteiger partial charge in [0.25, 0.3) is 0 Å². The van der Waals surface area contributed by atoms with E-state index in [2.05, 4.69) is 5.32 Å². The number of benzene rings is 1. The zero-order valence-electron chi connectivity index (χ0n) is 16.8. The van der Waals surface area contributed by atoms with Crippen molar-refractivity contribution in [2.75, 3.05) is 18.0 Å². The Labute approximate surface area is 167 Å². The lowest BCUT2D eigenvalue weighted by molar-refractivity contribution is -0.125. The standard InChI is InChI=1S/C20H29N3O4S/c1-14(2)21-20(25)19-13-16-12-17(8-9-18(16)23(19)15(3)24)28(26,27)22-10-6-4-5-7-11-22/h8-9,12,14,19H,4-7,10-11,13H2,1-3H3,(H,21,25)/t19-/m1/s1. The molecule has 8 heteroatoms. The Balaban J connectivity index is 1.91. The van der Waals surface area contributed by atoms with Crippen molar-refractivity contribution in [2.24, 2.45) is 0 Å². The first-order valence-corrected chi connectivity index (χ1v) is 11.4. The molecular formula is C20H29N3O4S. The largest absolute Gasteiger partial charge is 0.352 e. The number of carbonyl (C=O) groups excluding carboxylic acids is 2. The summed E-state index contributed by atoms with van der Waals surface area (Å²) in [5.74, 6) is -0.455. The van der Waals surface area contributed by atoms with E-state index < -0.39 is 16.1 Å².